The molecule has 1 N–H and O–H groups in total. The molecule has 0 aromatic carbocycles. The topological polar surface area (TPSA) is 61.4 Å². The largest absolute Gasteiger partial charge is 0.381 e. The summed E-state index contributed by atoms with van der Waals surface area (Å²) < 4.78 is 0. The Morgan fingerprint density at radius 2 is 2.12 bits per heavy atom. The Bertz CT molecular complexity index is 728. The van der Waals surface area contributed by atoms with Crippen molar-refractivity contribution in [1.29, 1.82) is 0 Å². The van der Waals surface area contributed by atoms with Crippen molar-refractivity contribution < 1.29 is 4.79 Å². The van der Waals surface area contributed by atoms with Crippen LogP contribution in [0.3, 0.4) is 0 Å². The number of hydrogen-bond acceptors (Lipinski definition) is 6. The molecule has 2 aromatic heterocycles. The molecule has 3 heterocycles. The molecule has 1 atom stereocenters. The van der Waals surface area contributed by atoms with Gasteiger partial charge in [0.15, 0.2) is 0 Å². The summed E-state index contributed by atoms with van der Waals surface area (Å²) in [5.74, 6) is 1.07. The third-order valence-corrected chi connectivity index (χ3v) is 5.79. The zero-order valence-corrected chi connectivity index (χ0v) is 16.6. The Morgan fingerprint density at radius 1 is 1.27 bits per heavy atom. The Kier molecular flexibility index (Phi) is 6.08. The highest BCUT2D eigenvalue weighted by molar-refractivity contribution is 7.13. The second kappa shape index (κ2) is 8.49. The van der Waals surface area contributed by atoms with Crippen molar-refractivity contribution in [1.82, 2.24) is 14.9 Å². The van der Waals surface area contributed by atoms with Crippen molar-refractivity contribution >= 4 is 28.7 Å². The van der Waals surface area contributed by atoms with Gasteiger partial charge in [0.25, 0.3) is 5.91 Å². The number of nitrogens with zero attached hydrogens (tertiary/aromatic N) is 4. The van der Waals surface area contributed by atoms with Crippen molar-refractivity contribution in [3.05, 3.63) is 34.4 Å². The van der Waals surface area contributed by atoms with Crippen LogP contribution >= 0.6 is 11.3 Å². The summed E-state index contributed by atoms with van der Waals surface area (Å²) >= 11 is 1.52. The molecule has 26 heavy (non-hydrogen) atoms. The Balaban J connectivity index is 1.56. The molecule has 3 rings (SSSR count). The van der Waals surface area contributed by atoms with Gasteiger partial charge in [-0.1, -0.05) is 6.92 Å². The maximum Gasteiger partial charge on any atom is 0.265 e. The predicted octanol–water partition coefficient (Wildman–Crippen LogP) is 3.27. The summed E-state index contributed by atoms with van der Waals surface area (Å²) in [5.41, 5.74) is 1.04. The number of aromatic nitrogens is 2. The van der Waals surface area contributed by atoms with Gasteiger partial charge in [0, 0.05) is 33.2 Å². The molecule has 0 radical (unpaired) electrons. The number of amides is 1. The third kappa shape index (κ3) is 4.52. The summed E-state index contributed by atoms with van der Waals surface area (Å²) in [6, 6.07) is 4.46. The maximum absolute atomic E-state index is 12.7. The number of rotatable bonds is 5. The van der Waals surface area contributed by atoms with Crippen LogP contribution in [0.15, 0.2) is 24.5 Å². The molecule has 0 unspecified atom stereocenters. The molecule has 2 aromatic rings. The Labute approximate surface area is 159 Å². The average Bonchev–Trinajstić information content (AvgIpc) is 3.01. The lowest BCUT2D eigenvalue weighted by molar-refractivity contribution is 0.0766. The van der Waals surface area contributed by atoms with Gasteiger partial charge in [0.05, 0.1) is 23.1 Å². The van der Waals surface area contributed by atoms with Crippen molar-refractivity contribution in [2.75, 3.05) is 37.4 Å². The summed E-state index contributed by atoms with van der Waals surface area (Å²) in [7, 11) is 3.97. The standard InChI is InChI=1S/C19H27N5OS/c1-4-18-21-13-16(26-18)19(25)24-10-5-6-14(9-11-24)22-15-7-8-17(20-12-15)23(2)3/h7-8,12-14,22H,4-6,9-11H2,1-3H3/t14-/m1/s1. The number of likely N-dealkylation sites (tertiary alicyclic amines) is 1. The molecule has 6 nitrogen and oxygen atoms in total. The molecule has 1 fully saturated rings. The first-order chi connectivity index (χ1) is 12.6. The lowest BCUT2D eigenvalue weighted by atomic mass is 10.1. The lowest BCUT2D eigenvalue weighted by Gasteiger charge is -2.20. The number of pyridine rings is 1. The summed E-state index contributed by atoms with van der Waals surface area (Å²) in [6.45, 7) is 3.66. The van der Waals surface area contributed by atoms with E-state index in [1.54, 1.807) is 6.20 Å². The fourth-order valence-electron chi connectivity index (χ4n) is 3.14. The molecule has 0 saturated carbocycles. The van der Waals surface area contributed by atoms with E-state index in [2.05, 4.69) is 28.3 Å². The van der Waals surface area contributed by atoms with Gasteiger partial charge in [-0.05, 0) is 37.8 Å². The SMILES string of the molecule is CCc1ncc(C(=O)N2CCC[C@@H](Nc3ccc(N(C)C)nc3)CC2)s1. The summed E-state index contributed by atoms with van der Waals surface area (Å²) in [4.78, 5) is 26.2. The average molecular weight is 374 g/mol. The number of anilines is 2. The van der Waals surface area contributed by atoms with Gasteiger partial charge in [-0.15, -0.1) is 11.3 Å². The van der Waals surface area contributed by atoms with Gasteiger partial charge in [-0.3, -0.25) is 4.79 Å². The second-order valence-electron chi connectivity index (χ2n) is 6.84. The van der Waals surface area contributed by atoms with Crippen molar-refractivity contribution in [2.45, 2.75) is 38.6 Å². The van der Waals surface area contributed by atoms with E-state index in [0.717, 1.165) is 60.2 Å². The van der Waals surface area contributed by atoms with E-state index >= 15 is 0 Å². The molecule has 140 valence electrons. The first-order valence-corrected chi connectivity index (χ1v) is 10.0. The number of thiazole rings is 1. The molecule has 0 spiro atoms. The molecule has 0 bridgehead atoms. The third-order valence-electron chi connectivity index (χ3n) is 4.66. The van der Waals surface area contributed by atoms with Gasteiger partial charge < -0.3 is 15.1 Å². The van der Waals surface area contributed by atoms with Crippen LogP contribution in [0.4, 0.5) is 11.5 Å². The van der Waals surface area contributed by atoms with Gasteiger partial charge in [-0.25, -0.2) is 9.97 Å². The highest BCUT2D eigenvalue weighted by Gasteiger charge is 2.23. The molecule has 1 saturated heterocycles. The van der Waals surface area contributed by atoms with E-state index in [1.165, 1.54) is 11.3 Å². The van der Waals surface area contributed by atoms with E-state index in [4.69, 9.17) is 0 Å². The first kappa shape index (κ1) is 18.6. The second-order valence-corrected chi connectivity index (χ2v) is 7.95. The normalized spacial score (nSPS) is 17.7. The highest BCUT2D eigenvalue weighted by Crippen LogP contribution is 2.21. The van der Waals surface area contributed by atoms with Gasteiger partial charge in [-0.2, -0.15) is 0 Å². The molecule has 1 aliphatic rings. The van der Waals surface area contributed by atoms with Crippen LogP contribution in [-0.4, -0.2) is 54.0 Å². The fourth-order valence-corrected chi connectivity index (χ4v) is 3.97. The van der Waals surface area contributed by atoms with E-state index in [-0.39, 0.29) is 5.91 Å². The van der Waals surface area contributed by atoms with E-state index in [1.807, 2.05) is 36.2 Å². The molecule has 7 heteroatoms. The molecule has 1 aliphatic heterocycles. The maximum atomic E-state index is 12.7. The quantitative estimate of drug-likeness (QED) is 0.871. The fraction of sp³-hybridized carbons (Fsp3) is 0.526. The summed E-state index contributed by atoms with van der Waals surface area (Å²) in [5, 5.41) is 4.60. The van der Waals surface area contributed by atoms with E-state index in [9.17, 15) is 4.79 Å². The number of nitrogens with one attached hydrogen (secondary N) is 1. The van der Waals surface area contributed by atoms with Crippen molar-refractivity contribution in [2.24, 2.45) is 0 Å². The van der Waals surface area contributed by atoms with E-state index < -0.39 is 0 Å². The van der Waals surface area contributed by atoms with Gasteiger partial charge in [0.2, 0.25) is 0 Å². The first-order valence-electron chi connectivity index (χ1n) is 9.20. The highest BCUT2D eigenvalue weighted by atomic mass is 32.1. The zero-order chi connectivity index (χ0) is 18.5. The lowest BCUT2D eigenvalue weighted by Crippen LogP contribution is -2.32. The van der Waals surface area contributed by atoms with Crippen LogP contribution < -0.4 is 10.2 Å². The minimum atomic E-state index is 0.125. The van der Waals surface area contributed by atoms with Crippen molar-refractivity contribution in [3.8, 4) is 0 Å². The van der Waals surface area contributed by atoms with Crippen LogP contribution in [0, 0.1) is 0 Å². The minimum Gasteiger partial charge on any atom is -0.381 e. The molecular formula is C19H27N5OS. The van der Waals surface area contributed by atoms with Crippen LogP contribution in [0.1, 0.15) is 40.9 Å². The zero-order valence-electron chi connectivity index (χ0n) is 15.7. The number of hydrogen-bond donors (Lipinski definition) is 1. The molecule has 1 amide bonds. The smallest absolute Gasteiger partial charge is 0.265 e. The Morgan fingerprint density at radius 3 is 2.77 bits per heavy atom. The minimum absolute atomic E-state index is 0.125. The van der Waals surface area contributed by atoms with Crippen LogP contribution in [0.2, 0.25) is 0 Å². The Hall–Kier alpha value is -2.15. The van der Waals surface area contributed by atoms with E-state index in [0.29, 0.717) is 6.04 Å². The van der Waals surface area contributed by atoms with Gasteiger partial charge in [0.1, 0.15) is 10.7 Å². The van der Waals surface area contributed by atoms with Gasteiger partial charge >= 0.3 is 0 Å². The predicted molar refractivity (Wildman–Crippen MR) is 107 cm³/mol. The molecular weight excluding hydrogens is 346 g/mol. The number of carbonyl (C=O) groups excluding carboxylic acids is 1. The number of aryl methyl sites for hydroxylation is 1. The van der Waals surface area contributed by atoms with Crippen LogP contribution in [0.5, 0.6) is 0 Å². The monoisotopic (exact) mass is 373 g/mol. The summed E-state index contributed by atoms with van der Waals surface area (Å²) in [6.07, 6.45) is 7.50. The van der Waals surface area contributed by atoms with Crippen LogP contribution in [-0.2, 0) is 6.42 Å². The number of carbonyl (C=O) groups is 1. The molecule has 0 aliphatic carbocycles. The van der Waals surface area contributed by atoms with Crippen molar-refractivity contribution in [3.63, 3.8) is 0 Å². The van der Waals surface area contributed by atoms with Crippen LogP contribution in [0.25, 0.3) is 0 Å².